The molecule has 2 N–H and O–H groups in total. The van der Waals surface area contributed by atoms with E-state index in [0.717, 1.165) is 19.3 Å². The molecule has 1 aliphatic carbocycles. The highest BCUT2D eigenvalue weighted by atomic mass is 16.2. The van der Waals surface area contributed by atoms with Gasteiger partial charge in [-0.1, -0.05) is 0 Å². The van der Waals surface area contributed by atoms with Crippen molar-refractivity contribution < 1.29 is 4.79 Å². The molecule has 0 atom stereocenters. The van der Waals surface area contributed by atoms with Gasteiger partial charge in [0.1, 0.15) is 12.1 Å². The lowest BCUT2D eigenvalue weighted by Gasteiger charge is -2.26. The van der Waals surface area contributed by atoms with E-state index in [9.17, 15) is 4.79 Å². The predicted molar refractivity (Wildman–Crippen MR) is 65.7 cm³/mol. The van der Waals surface area contributed by atoms with Crippen molar-refractivity contribution >= 4 is 11.7 Å². The summed E-state index contributed by atoms with van der Waals surface area (Å²) < 4.78 is 0. The Balaban J connectivity index is 2.03. The standard InChI is InChI=1S/C13H12N4O/c14-7-9-4-5-12(6-10(9)8-15)17-13(18)16-11-2-1-3-11/h4-6,11H,1-3H2,(H2,16,17,18). The summed E-state index contributed by atoms with van der Waals surface area (Å²) in [5.74, 6) is 0. The van der Waals surface area contributed by atoms with Crippen molar-refractivity contribution in [3.63, 3.8) is 0 Å². The third-order valence-corrected chi connectivity index (χ3v) is 2.96. The molecule has 1 fully saturated rings. The van der Waals surface area contributed by atoms with Crippen molar-refractivity contribution in [2.75, 3.05) is 5.32 Å². The van der Waals surface area contributed by atoms with Gasteiger partial charge in [-0.25, -0.2) is 4.79 Å². The molecule has 0 saturated heterocycles. The lowest BCUT2D eigenvalue weighted by Crippen LogP contribution is -2.41. The van der Waals surface area contributed by atoms with Gasteiger partial charge in [-0.2, -0.15) is 10.5 Å². The molecule has 0 aliphatic heterocycles. The highest BCUT2D eigenvalue weighted by Crippen LogP contribution is 2.18. The van der Waals surface area contributed by atoms with E-state index in [0.29, 0.717) is 11.3 Å². The van der Waals surface area contributed by atoms with Crippen LogP contribution in [0.15, 0.2) is 18.2 Å². The lowest BCUT2D eigenvalue weighted by atomic mass is 9.93. The van der Waals surface area contributed by atoms with Crippen molar-refractivity contribution in [1.82, 2.24) is 5.32 Å². The average molecular weight is 240 g/mol. The molecular formula is C13H12N4O. The third kappa shape index (κ3) is 2.58. The summed E-state index contributed by atoms with van der Waals surface area (Å²) in [4.78, 5) is 11.6. The van der Waals surface area contributed by atoms with Gasteiger partial charge in [0.15, 0.2) is 0 Å². The van der Waals surface area contributed by atoms with Crippen LogP contribution >= 0.6 is 0 Å². The first-order chi connectivity index (χ1) is 8.72. The Bertz CT molecular complexity index is 549. The van der Waals surface area contributed by atoms with Crippen LogP contribution in [0.2, 0.25) is 0 Å². The number of nitrogens with one attached hydrogen (secondary N) is 2. The number of carbonyl (C=O) groups excluding carboxylic acids is 1. The maximum atomic E-state index is 11.6. The second-order valence-corrected chi connectivity index (χ2v) is 4.21. The summed E-state index contributed by atoms with van der Waals surface area (Å²) in [7, 11) is 0. The predicted octanol–water partition coefficient (Wildman–Crippen LogP) is 2.10. The van der Waals surface area contributed by atoms with E-state index in [2.05, 4.69) is 10.6 Å². The van der Waals surface area contributed by atoms with Gasteiger partial charge in [-0.05, 0) is 37.5 Å². The number of nitriles is 2. The Morgan fingerprint density at radius 2 is 1.94 bits per heavy atom. The van der Waals surface area contributed by atoms with Crippen molar-refractivity contribution in [3.8, 4) is 12.1 Å². The van der Waals surface area contributed by atoms with Crippen LogP contribution in [-0.4, -0.2) is 12.1 Å². The van der Waals surface area contributed by atoms with Gasteiger partial charge in [0.2, 0.25) is 0 Å². The molecule has 0 radical (unpaired) electrons. The molecule has 0 spiro atoms. The second-order valence-electron chi connectivity index (χ2n) is 4.21. The fraction of sp³-hybridized carbons (Fsp3) is 0.308. The molecule has 5 nitrogen and oxygen atoms in total. The number of hydrogen-bond acceptors (Lipinski definition) is 3. The SMILES string of the molecule is N#Cc1ccc(NC(=O)NC2CCC2)cc1C#N. The minimum atomic E-state index is -0.270. The van der Waals surface area contributed by atoms with E-state index >= 15 is 0 Å². The Labute approximate surface area is 105 Å². The molecule has 90 valence electrons. The molecular weight excluding hydrogens is 228 g/mol. The number of hydrogen-bond donors (Lipinski definition) is 2. The Hall–Kier alpha value is -2.53. The van der Waals surface area contributed by atoms with Gasteiger partial charge < -0.3 is 10.6 Å². The summed E-state index contributed by atoms with van der Waals surface area (Å²) in [5, 5.41) is 23.1. The minimum Gasteiger partial charge on any atom is -0.335 e. The van der Waals surface area contributed by atoms with E-state index < -0.39 is 0 Å². The highest BCUT2D eigenvalue weighted by Gasteiger charge is 2.19. The van der Waals surface area contributed by atoms with Crippen LogP contribution in [-0.2, 0) is 0 Å². The maximum absolute atomic E-state index is 11.6. The molecule has 0 bridgehead atoms. The van der Waals surface area contributed by atoms with Gasteiger partial charge in [0.25, 0.3) is 0 Å². The summed E-state index contributed by atoms with van der Waals surface area (Å²) in [6.45, 7) is 0. The summed E-state index contributed by atoms with van der Waals surface area (Å²) in [6, 6.07) is 8.48. The lowest BCUT2D eigenvalue weighted by molar-refractivity contribution is 0.240. The van der Waals surface area contributed by atoms with E-state index in [1.807, 2.05) is 12.1 Å². The van der Waals surface area contributed by atoms with Crippen molar-refractivity contribution in [2.24, 2.45) is 0 Å². The normalized spacial score (nSPS) is 13.9. The Kier molecular flexibility index (Phi) is 3.45. The van der Waals surface area contributed by atoms with E-state index in [-0.39, 0.29) is 17.6 Å². The topological polar surface area (TPSA) is 88.7 Å². The molecule has 1 aromatic rings. The summed E-state index contributed by atoms with van der Waals surface area (Å²) in [6.07, 6.45) is 3.19. The molecule has 2 rings (SSSR count). The quantitative estimate of drug-likeness (QED) is 0.829. The molecule has 0 unspecified atom stereocenters. The molecule has 2 amide bonds. The molecule has 1 saturated carbocycles. The Morgan fingerprint density at radius 3 is 2.50 bits per heavy atom. The van der Waals surface area contributed by atoms with Crippen LogP contribution in [0, 0.1) is 22.7 Å². The zero-order valence-corrected chi connectivity index (χ0v) is 9.73. The number of nitrogens with zero attached hydrogens (tertiary/aromatic N) is 2. The fourth-order valence-corrected chi connectivity index (χ4v) is 1.72. The largest absolute Gasteiger partial charge is 0.335 e. The Morgan fingerprint density at radius 1 is 1.22 bits per heavy atom. The zero-order chi connectivity index (χ0) is 13.0. The molecule has 1 aromatic carbocycles. The summed E-state index contributed by atoms with van der Waals surface area (Å²) >= 11 is 0. The number of urea groups is 1. The van der Waals surface area contributed by atoms with E-state index in [4.69, 9.17) is 10.5 Å². The van der Waals surface area contributed by atoms with E-state index in [1.165, 1.54) is 12.1 Å². The maximum Gasteiger partial charge on any atom is 0.319 e. The molecule has 5 heteroatoms. The van der Waals surface area contributed by atoms with Crippen molar-refractivity contribution in [1.29, 1.82) is 10.5 Å². The molecule has 1 aliphatic rings. The van der Waals surface area contributed by atoms with Gasteiger partial charge in [0.05, 0.1) is 11.1 Å². The van der Waals surface area contributed by atoms with Gasteiger partial charge >= 0.3 is 6.03 Å². The summed E-state index contributed by atoms with van der Waals surface area (Å²) in [5.41, 5.74) is 1.09. The van der Waals surface area contributed by atoms with Crippen LogP contribution in [0.3, 0.4) is 0 Å². The van der Waals surface area contributed by atoms with Crippen LogP contribution in [0.25, 0.3) is 0 Å². The highest BCUT2D eigenvalue weighted by molar-refractivity contribution is 5.89. The van der Waals surface area contributed by atoms with Crippen LogP contribution in [0.5, 0.6) is 0 Å². The minimum absolute atomic E-state index is 0.263. The number of benzene rings is 1. The zero-order valence-electron chi connectivity index (χ0n) is 9.73. The van der Waals surface area contributed by atoms with Crippen LogP contribution < -0.4 is 10.6 Å². The molecule has 0 heterocycles. The number of amides is 2. The average Bonchev–Trinajstić information content (AvgIpc) is 2.33. The number of carbonyl (C=O) groups is 1. The van der Waals surface area contributed by atoms with Gasteiger partial charge in [-0.3, -0.25) is 0 Å². The van der Waals surface area contributed by atoms with Gasteiger partial charge in [-0.15, -0.1) is 0 Å². The van der Waals surface area contributed by atoms with Crippen LogP contribution in [0.1, 0.15) is 30.4 Å². The van der Waals surface area contributed by atoms with Gasteiger partial charge in [0, 0.05) is 11.7 Å². The first-order valence-corrected chi connectivity index (χ1v) is 5.74. The van der Waals surface area contributed by atoms with Crippen molar-refractivity contribution in [3.05, 3.63) is 29.3 Å². The monoisotopic (exact) mass is 240 g/mol. The van der Waals surface area contributed by atoms with Crippen LogP contribution in [0.4, 0.5) is 10.5 Å². The van der Waals surface area contributed by atoms with Crippen molar-refractivity contribution in [2.45, 2.75) is 25.3 Å². The first kappa shape index (κ1) is 11.9. The number of anilines is 1. The smallest absolute Gasteiger partial charge is 0.319 e. The fourth-order valence-electron chi connectivity index (χ4n) is 1.72. The number of rotatable bonds is 2. The molecule has 18 heavy (non-hydrogen) atoms. The third-order valence-electron chi connectivity index (χ3n) is 2.96. The van der Waals surface area contributed by atoms with E-state index in [1.54, 1.807) is 6.07 Å². The first-order valence-electron chi connectivity index (χ1n) is 5.74. The molecule has 0 aromatic heterocycles. The second kappa shape index (κ2) is 5.20.